The number of nitrogens with zero attached hydrogens (tertiary/aromatic N) is 6. The second-order valence-corrected chi connectivity index (χ2v) is 13.1. The fraction of sp³-hybridized carbons (Fsp3) is 0.0426. The molecule has 11 nitrogen and oxygen atoms in total. The van der Waals surface area contributed by atoms with E-state index < -0.39 is 0 Å². The van der Waals surface area contributed by atoms with E-state index in [1.165, 1.54) is 6.40 Å². The molecule has 0 atom stereocenters. The highest BCUT2D eigenvalue weighted by Gasteiger charge is 2.12. The van der Waals surface area contributed by atoms with Crippen LogP contribution in [0.1, 0.15) is 22.6 Å². The number of benzene rings is 7. The second kappa shape index (κ2) is 17.6. The summed E-state index contributed by atoms with van der Waals surface area (Å²) in [6.45, 7) is 1.95. The molecule has 58 heavy (non-hydrogen) atoms. The van der Waals surface area contributed by atoms with Crippen molar-refractivity contribution in [3.05, 3.63) is 186 Å². The maximum atomic E-state index is 10.6. The summed E-state index contributed by atoms with van der Waals surface area (Å²) >= 11 is 0. The van der Waals surface area contributed by atoms with Crippen LogP contribution >= 0.6 is 0 Å². The fourth-order valence-corrected chi connectivity index (χ4v) is 6.19. The van der Waals surface area contributed by atoms with E-state index in [0.29, 0.717) is 23.2 Å². The number of aromatic hydroxyl groups is 1. The van der Waals surface area contributed by atoms with E-state index in [0.717, 1.165) is 55.8 Å². The van der Waals surface area contributed by atoms with Gasteiger partial charge in [0.1, 0.15) is 18.0 Å². The number of para-hydroxylation sites is 2. The smallest absolute Gasteiger partial charge is 0.247 e. The third-order valence-electron chi connectivity index (χ3n) is 9.08. The van der Waals surface area contributed by atoms with E-state index >= 15 is 0 Å². The van der Waals surface area contributed by atoms with E-state index in [1.807, 2.05) is 72.8 Å². The summed E-state index contributed by atoms with van der Waals surface area (Å²) in [5.74, 6) is 0.949. The highest BCUT2D eigenvalue weighted by atomic mass is 16.7. The zero-order valence-corrected chi connectivity index (χ0v) is 31.4. The number of hydrogen-bond donors (Lipinski definition) is 2. The molecule has 0 amide bonds. The molecule has 0 spiro atoms. The van der Waals surface area contributed by atoms with Crippen LogP contribution < -0.4 is 10.4 Å². The molecule has 0 fully saturated rings. The number of oxime groups is 1. The Hall–Kier alpha value is -8.05. The van der Waals surface area contributed by atoms with Crippen molar-refractivity contribution in [2.24, 2.45) is 15.4 Å². The molecule has 1 aromatic heterocycles. The summed E-state index contributed by atoms with van der Waals surface area (Å²) < 4.78 is 5.47. The molecule has 8 aromatic rings. The fourth-order valence-electron chi connectivity index (χ4n) is 6.19. The van der Waals surface area contributed by atoms with Gasteiger partial charge in [-0.15, -0.1) is 15.3 Å². The van der Waals surface area contributed by atoms with Crippen molar-refractivity contribution in [2.45, 2.75) is 13.5 Å². The number of fused-ring (bicyclic) bond motifs is 1. The number of aryl methyl sites for hydroxylation is 1. The van der Waals surface area contributed by atoms with E-state index in [1.54, 1.807) is 25.1 Å². The van der Waals surface area contributed by atoms with Gasteiger partial charge in [0.15, 0.2) is 0 Å². The zero-order chi connectivity index (χ0) is 39.5. The number of anilines is 4. The molecule has 0 radical (unpaired) electrons. The summed E-state index contributed by atoms with van der Waals surface area (Å²) in [6, 6.07) is 53.4. The van der Waals surface area contributed by atoms with Crippen LogP contribution in [0.3, 0.4) is 0 Å². The lowest BCUT2D eigenvalue weighted by atomic mass is 10.1. The molecule has 0 aliphatic carbocycles. The molecule has 0 saturated heterocycles. The van der Waals surface area contributed by atoms with E-state index in [9.17, 15) is 5.11 Å². The maximum Gasteiger partial charge on any atom is 0.247 e. The Balaban J connectivity index is 0.811. The summed E-state index contributed by atoms with van der Waals surface area (Å²) in [5.41, 5.74) is 11.7. The van der Waals surface area contributed by atoms with Gasteiger partial charge in [0.05, 0.1) is 11.4 Å². The Morgan fingerprint density at radius 3 is 2.00 bits per heavy atom. The minimum atomic E-state index is 0.0235. The first-order valence-electron chi connectivity index (χ1n) is 18.5. The third kappa shape index (κ3) is 9.07. The number of hydrogen-bond acceptors (Lipinski definition) is 11. The summed E-state index contributed by atoms with van der Waals surface area (Å²) in [5, 5.41) is 32.6. The van der Waals surface area contributed by atoms with E-state index in [4.69, 9.17) is 14.1 Å². The van der Waals surface area contributed by atoms with E-state index in [-0.39, 0.29) is 12.4 Å². The standard InChI is InChI=1S/C47H37N7O4/c1-33-49-52-47(58-33)37-19-24-39(25-20-37)50-51-46-44-28-18-36(30-38(44)21-29-45(46)55)31-56-48-32-57-53-40-22-14-34(15-23-40)12-13-35-16-26-43(27-17-35)54(41-8-4-2-5-9-41)42-10-6-3-7-11-42/h2-30,32,53,55H,31H2,1H3/b13-12?,48-32+,51-50?. The zero-order valence-electron chi connectivity index (χ0n) is 31.4. The van der Waals surface area contributed by atoms with Crippen molar-refractivity contribution in [2.75, 3.05) is 10.4 Å². The molecule has 0 aliphatic heterocycles. The molecular formula is C47H37N7O4. The lowest BCUT2D eigenvalue weighted by Gasteiger charge is -2.25. The lowest BCUT2D eigenvalue weighted by Crippen LogP contribution is -2.09. The number of aromatic nitrogens is 2. The molecule has 7 aromatic carbocycles. The van der Waals surface area contributed by atoms with Gasteiger partial charge >= 0.3 is 0 Å². The molecule has 0 unspecified atom stereocenters. The first-order chi connectivity index (χ1) is 28.6. The van der Waals surface area contributed by atoms with Crippen LogP contribution in [-0.2, 0) is 16.3 Å². The average molecular weight is 764 g/mol. The van der Waals surface area contributed by atoms with Crippen LogP contribution in [0.2, 0.25) is 0 Å². The number of rotatable bonds is 14. The van der Waals surface area contributed by atoms with Crippen molar-refractivity contribution >= 4 is 63.4 Å². The first-order valence-corrected chi connectivity index (χ1v) is 18.5. The topological polar surface area (TPSA) is 130 Å². The van der Waals surface area contributed by atoms with Crippen LogP contribution in [-0.4, -0.2) is 21.7 Å². The van der Waals surface area contributed by atoms with Crippen LogP contribution in [0.15, 0.2) is 184 Å². The SMILES string of the molecule is Cc1nnc(-c2ccc(N=Nc3c(O)ccc4cc(CO/N=C/ONc5ccc(C=Cc6ccc(N(c7ccccc7)c7ccccc7)cc6)cc5)ccc34)cc2)o1. The molecule has 11 heteroatoms. The normalized spacial score (nSPS) is 11.5. The summed E-state index contributed by atoms with van der Waals surface area (Å²) in [6.07, 6.45) is 5.36. The van der Waals surface area contributed by atoms with Gasteiger partial charge in [-0.25, -0.2) is 5.48 Å². The van der Waals surface area contributed by atoms with Crippen LogP contribution in [0.5, 0.6) is 5.75 Å². The highest BCUT2D eigenvalue weighted by Crippen LogP contribution is 2.37. The predicted octanol–water partition coefficient (Wildman–Crippen LogP) is 12.5. The third-order valence-corrected chi connectivity index (χ3v) is 9.08. The molecule has 0 saturated carbocycles. The largest absolute Gasteiger partial charge is 0.506 e. The molecule has 1 heterocycles. The van der Waals surface area contributed by atoms with Gasteiger partial charge in [-0.05, 0) is 107 Å². The maximum absolute atomic E-state index is 10.6. The molecule has 2 N–H and O–H groups in total. The predicted molar refractivity (Wildman–Crippen MR) is 229 cm³/mol. The Morgan fingerprint density at radius 1 is 0.690 bits per heavy atom. The van der Waals surface area contributed by atoms with Crippen molar-refractivity contribution in [1.29, 1.82) is 0 Å². The van der Waals surface area contributed by atoms with E-state index in [2.05, 4.69) is 121 Å². The van der Waals surface area contributed by atoms with Crippen molar-refractivity contribution in [1.82, 2.24) is 10.2 Å². The van der Waals surface area contributed by atoms with Crippen LogP contribution in [0.25, 0.3) is 34.4 Å². The van der Waals surface area contributed by atoms with Crippen molar-refractivity contribution in [3.63, 3.8) is 0 Å². The number of nitrogens with one attached hydrogen (secondary N) is 1. The Morgan fingerprint density at radius 2 is 1.34 bits per heavy atom. The number of phenolic OH excluding ortho intramolecular Hbond substituents is 1. The quantitative estimate of drug-likeness (QED) is 0.0368. The van der Waals surface area contributed by atoms with Gasteiger partial charge in [-0.1, -0.05) is 96.2 Å². The Labute approximate surface area is 334 Å². The molecule has 284 valence electrons. The molecule has 0 aliphatic rings. The minimum Gasteiger partial charge on any atom is -0.506 e. The molecule has 0 bridgehead atoms. The van der Waals surface area contributed by atoms with Crippen molar-refractivity contribution < 1.29 is 19.2 Å². The van der Waals surface area contributed by atoms with Gasteiger partial charge < -0.3 is 24.1 Å². The molecule has 8 rings (SSSR count). The van der Waals surface area contributed by atoms with Gasteiger partial charge in [0.25, 0.3) is 0 Å². The molecular weight excluding hydrogens is 727 g/mol. The number of azo groups is 1. The average Bonchev–Trinajstić information content (AvgIpc) is 3.71. The van der Waals surface area contributed by atoms with Gasteiger partial charge in [0.2, 0.25) is 18.2 Å². The Bertz CT molecular complexity index is 2640. The summed E-state index contributed by atoms with van der Waals surface area (Å²) in [4.78, 5) is 13.1. The monoisotopic (exact) mass is 763 g/mol. The van der Waals surface area contributed by atoms with Crippen LogP contribution in [0.4, 0.5) is 34.1 Å². The first kappa shape index (κ1) is 36.9. The Kier molecular flexibility index (Phi) is 11.2. The second-order valence-electron chi connectivity index (χ2n) is 13.1. The lowest BCUT2D eigenvalue weighted by molar-refractivity contribution is 0.125. The number of phenols is 1. The highest BCUT2D eigenvalue weighted by molar-refractivity contribution is 5.95. The van der Waals surface area contributed by atoms with Crippen molar-refractivity contribution in [3.8, 4) is 17.2 Å². The van der Waals surface area contributed by atoms with Gasteiger partial charge in [-0.2, -0.15) is 5.11 Å². The van der Waals surface area contributed by atoms with Gasteiger partial charge in [-0.3, -0.25) is 0 Å². The van der Waals surface area contributed by atoms with Gasteiger partial charge in [0, 0.05) is 34.9 Å². The van der Waals surface area contributed by atoms with Crippen LogP contribution in [0, 0.1) is 6.92 Å². The summed E-state index contributed by atoms with van der Waals surface area (Å²) in [7, 11) is 0. The minimum absolute atomic E-state index is 0.0235.